The monoisotopic (exact) mass is 292 g/mol. The second kappa shape index (κ2) is 5.47. The lowest BCUT2D eigenvalue weighted by Gasteiger charge is -2.55. The van der Waals surface area contributed by atoms with E-state index in [2.05, 4.69) is 0 Å². The van der Waals surface area contributed by atoms with Crippen LogP contribution in [-0.4, -0.2) is 23.6 Å². The summed E-state index contributed by atoms with van der Waals surface area (Å²) >= 11 is 0. The van der Waals surface area contributed by atoms with Gasteiger partial charge in [0.15, 0.2) is 0 Å². The molecule has 0 amide bonds. The van der Waals surface area contributed by atoms with Crippen LogP contribution in [0.4, 0.5) is 0 Å². The molecular weight excluding hydrogens is 268 g/mol. The number of carbonyl (C=O) groups excluding carboxylic acids is 2. The first kappa shape index (κ1) is 14.6. The highest BCUT2D eigenvalue weighted by Crippen LogP contribution is 2.57. The predicted molar refractivity (Wildman–Crippen MR) is 77.4 cm³/mol. The van der Waals surface area contributed by atoms with E-state index in [1.54, 1.807) is 13.8 Å². The number of hydrogen-bond acceptors (Lipinski definition) is 4. The SMILES string of the molecule is CC(C)OC(=O)/C=C\C(=O)OC12CC3CC(CC(C3)C1)C2. The van der Waals surface area contributed by atoms with Gasteiger partial charge in [0.1, 0.15) is 5.60 Å². The smallest absolute Gasteiger partial charge is 0.331 e. The number of ether oxygens (including phenoxy) is 2. The van der Waals surface area contributed by atoms with Gasteiger partial charge in [0.25, 0.3) is 0 Å². The summed E-state index contributed by atoms with van der Waals surface area (Å²) in [5.41, 5.74) is -0.252. The minimum atomic E-state index is -0.493. The van der Waals surface area contributed by atoms with E-state index in [9.17, 15) is 9.59 Å². The zero-order valence-electron chi connectivity index (χ0n) is 12.8. The summed E-state index contributed by atoms with van der Waals surface area (Å²) in [4.78, 5) is 23.4. The Morgan fingerprint density at radius 2 is 1.43 bits per heavy atom. The molecule has 0 heterocycles. The first-order valence-corrected chi connectivity index (χ1v) is 8.06. The average molecular weight is 292 g/mol. The van der Waals surface area contributed by atoms with Crippen LogP contribution in [0.2, 0.25) is 0 Å². The van der Waals surface area contributed by atoms with Gasteiger partial charge in [-0.05, 0) is 70.1 Å². The highest BCUT2D eigenvalue weighted by molar-refractivity contribution is 5.91. The normalized spacial score (nSPS) is 37.2. The summed E-state index contributed by atoms with van der Waals surface area (Å²) in [5.74, 6) is 1.31. The van der Waals surface area contributed by atoms with Crippen molar-refractivity contribution >= 4 is 11.9 Å². The second-order valence-corrected chi connectivity index (χ2v) is 7.34. The first-order chi connectivity index (χ1) is 9.94. The molecule has 4 aliphatic carbocycles. The zero-order chi connectivity index (χ0) is 15.0. The van der Waals surface area contributed by atoms with Crippen molar-refractivity contribution in [3.8, 4) is 0 Å². The van der Waals surface area contributed by atoms with Crippen molar-refractivity contribution in [2.75, 3.05) is 0 Å². The second-order valence-electron chi connectivity index (χ2n) is 7.34. The van der Waals surface area contributed by atoms with Crippen LogP contribution >= 0.6 is 0 Å². The molecule has 4 rings (SSSR count). The lowest BCUT2D eigenvalue weighted by molar-refractivity contribution is -0.181. The fourth-order valence-corrected chi connectivity index (χ4v) is 4.81. The molecule has 4 bridgehead atoms. The van der Waals surface area contributed by atoms with Gasteiger partial charge in [0, 0.05) is 12.2 Å². The Bertz CT molecular complexity index is 428. The van der Waals surface area contributed by atoms with Gasteiger partial charge in [0.2, 0.25) is 0 Å². The van der Waals surface area contributed by atoms with Crippen LogP contribution in [0.1, 0.15) is 52.4 Å². The molecule has 0 aromatic heterocycles. The van der Waals surface area contributed by atoms with Crippen molar-refractivity contribution in [3.05, 3.63) is 12.2 Å². The van der Waals surface area contributed by atoms with Crippen LogP contribution in [0, 0.1) is 17.8 Å². The van der Waals surface area contributed by atoms with Crippen LogP contribution < -0.4 is 0 Å². The maximum absolute atomic E-state index is 12.0. The molecule has 4 fully saturated rings. The third-order valence-corrected chi connectivity index (χ3v) is 5.01. The third kappa shape index (κ3) is 3.30. The molecule has 0 unspecified atom stereocenters. The maximum atomic E-state index is 12.0. The van der Waals surface area contributed by atoms with Crippen molar-refractivity contribution in [2.24, 2.45) is 17.8 Å². The largest absolute Gasteiger partial charge is 0.460 e. The van der Waals surface area contributed by atoms with Crippen molar-refractivity contribution in [2.45, 2.75) is 64.1 Å². The van der Waals surface area contributed by atoms with Crippen LogP contribution in [-0.2, 0) is 19.1 Å². The lowest BCUT2D eigenvalue weighted by atomic mass is 9.54. The average Bonchev–Trinajstić information content (AvgIpc) is 2.33. The Hall–Kier alpha value is -1.32. The van der Waals surface area contributed by atoms with E-state index in [4.69, 9.17) is 9.47 Å². The Balaban J connectivity index is 1.58. The minimum absolute atomic E-state index is 0.179. The summed E-state index contributed by atoms with van der Waals surface area (Å²) in [7, 11) is 0. The Morgan fingerprint density at radius 3 is 1.90 bits per heavy atom. The molecule has 0 spiro atoms. The van der Waals surface area contributed by atoms with Crippen LogP contribution in [0.25, 0.3) is 0 Å². The number of rotatable bonds is 4. The van der Waals surface area contributed by atoms with Gasteiger partial charge < -0.3 is 9.47 Å². The molecule has 21 heavy (non-hydrogen) atoms. The molecule has 0 aliphatic heterocycles. The van der Waals surface area contributed by atoms with Crippen molar-refractivity contribution in [1.82, 2.24) is 0 Å². The van der Waals surface area contributed by atoms with Crippen molar-refractivity contribution in [3.63, 3.8) is 0 Å². The molecule has 4 heteroatoms. The molecule has 0 aromatic carbocycles. The summed E-state index contributed by atoms with van der Waals surface area (Å²) in [5, 5.41) is 0. The Morgan fingerprint density at radius 1 is 0.952 bits per heavy atom. The molecule has 116 valence electrons. The summed E-state index contributed by atoms with van der Waals surface area (Å²) in [6.07, 6.45) is 9.17. The molecule has 4 nitrogen and oxygen atoms in total. The van der Waals surface area contributed by atoms with E-state index >= 15 is 0 Å². The predicted octanol–water partition coefficient (Wildman–Crippen LogP) is 3.01. The molecule has 0 aromatic rings. The van der Waals surface area contributed by atoms with Gasteiger partial charge in [-0.25, -0.2) is 9.59 Å². The fraction of sp³-hybridized carbons (Fsp3) is 0.765. The molecule has 4 aliphatic rings. The molecule has 0 radical (unpaired) electrons. The fourth-order valence-electron chi connectivity index (χ4n) is 4.81. The number of hydrogen-bond donors (Lipinski definition) is 0. The topological polar surface area (TPSA) is 52.6 Å². The van der Waals surface area contributed by atoms with Crippen molar-refractivity contribution in [1.29, 1.82) is 0 Å². The summed E-state index contributed by atoms with van der Waals surface area (Å²) < 4.78 is 10.7. The van der Waals surface area contributed by atoms with E-state index in [1.807, 2.05) is 0 Å². The van der Waals surface area contributed by atoms with Gasteiger partial charge in [-0.1, -0.05) is 0 Å². The van der Waals surface area contributed by atoms with E-state index in [-0.39, 0.29) is 11.7 Å². The van der Waals surface area contributed by atoms with E-state index in [0.29, 0.717) is 0 Å². The Labute approximate surface area is 125 Å². The van der Waals surface area contributed by atoms with Gasteiger partial charge in [-0.15, -0.1) is 0 Å². The zero-order valence-corrected chi connectivity index (χ0v) is 12.8. The van der Waals surface area contributed by atoms with E-state index in [0.717, 1.165) is 37.0 Å². The third-order valence-electron chi connectivity index (χ3n) is 5.01. The van der Waals surface area contributed by atoms with Crippen LogP contribution in [0.3, 0.4) is 0 Å². The van der Waals surface area contributed by atoms with Gasteiger partial charge in [-0.2, -0.15) is 0 Å². The number of carbonyl (C=O) groups is 2. The molecule has 4 saturated carbocycles. The quantitative estimate of drug-likeness (QED) is 0.590. The number of esters is 2. The standard InChI is InChI=1S/C17H24O4/c1-11(2)20-15(18)3-4-16(19)21-17-8-12-5-13(9-17)7-14(6-12)10-17/h3-4,11-14H,5-10H2,1-2H3/b4-3-. The minimum Gasteiger partial charge on any atom is -0.460 e. The van der Waals surface area contributed by atoms with Gasteiger partial charge in [0.05, 0.1) is 6.10 Å². The van der Waals surface area contributed by atoms with E-state index < -0.39 is 11.9 Å². The molecule has 0 N–H and O–H groups in total. The first-order valence-electron chi connectivity index (χ1n) is 8.06. The Kier molecular flexibility index (Phi) is 3.80. The lowest BCUT2D eigenvalue weighted by Crippen LogP contribution is -2.52. The summed E-state index contributed by atoms with van der Waals surface area (Å²) in [6, 6.07) is 0. The molecule has 0 atom stereocenters. The van der Waals surface area contributed by atoms with E-state index in [1.165, 1.54) is 31.4 Å². The van der Waals surface area contributed by atoms with Gasteiger partial charge in [-0.3, -0.25) is 0 Å². The summed E-state index contributed by atoms with van der Waals surface area (Å²) in [6.45, 7) is 3.55. The maximum Gasteiger partial charge on any atom is 0.331 e. The highest BCUT2D eigenvalue weighted by Gasteiger charge is 2.53. The van der Waals surface area contributed by atoms with Gasteiger partial charge >= 0.3 is 11.9 Å². The van der Waals surface area contributed by atoms with Crippen molar-refractivity contribution < 1.29 is 19.1 Å². The molecular formula is C17H24O4. The van der Waals surface area contributed by atoms with Crippen LogP contribution in [0.5, 0.6) is 0 Å². The van der Waals surface area contributed by atoms with Crippen LogP contribution in [0.15, 0.2) is 12.2 Å². The molecule has 0 saturated heterocycles. The highest BCUT2D eigenvalue weighted by atomic mass is 16.6.